The molecule has 0 saturated carbocycles. The largest absolute Gasteiger partial charge is 0.504 e. The van der Waals surface area contributed by atoms with Crippen LogP contribution in [0.5, 0.6) is 11.5 Å². The number of nitrogens with two attached hydrogens (primary N) is 1. The van der Waals surface area contributed by atoms with Gasteiger partial charge < -0.3 is 15.6 Å². The van der Waals surface area contributed by atoms with Crippen LogP contribution < -0.4 is 10.5 Å². The minimum Gasteiger partial charge on any atom is -0.504 e. The number of anilines is 1. The summed E-state index contributed by atoms with van der Waals surface area (Å²) in [6, 6.07) is 15.1. The molecule has 0 aliphatic carbocycles. The number of rotatable bonds is 4. The van der Waals surface area contributed by atoms with E-state index in [9.17, 15) is 10.4 Å². The molecule has 0 aliphatic rings. The van der Waals surface area contributed by atoms with Gasteiger partial charge in [-0.2, -0.15) is 5.26 Å². The van der Waals surface area contributed by atoms with Crippen molar-refractivity contribution < 1.29 is 9.84 Å². The van der Waals surface area contributed by atoms with Crippen LogP contribution in [0.1, 0.15) is 23.6 Å². The molecule has 1 heterocycles. The molecule has 2 aromatic carbocycles. The number of aromatic nitrogens is 1. The number of pyridine rings is 1. The monoisotopic (exact) mass is 359 g/mol. The maximum absolute atomic E-state index is 9.96. The Hall–Kier alpha value is -3.52. The summed E-state index contributed by atoms with van der Waals surface area (Å²) >= 11 is 0. The Morgan fingerprint density at radius 1 is 1.07 bits per heavy atom. The maximum atomic E-state index is 9.96. The van der Waals surface area contributed by atoms with Crippen LogP contribution in [-0.4, -0.2) is 16.7 Å². The molecular formula is C22H21N3O2. The highest BCUT2D eigenvalue weighted by Crippen LogP contribution is 2.36. The molecule has 0 atom stereocenters. The molecule has 3 N–H and O–H groups in total. The van der Waals surface area contributed by atoms with Gasteiger partial charge in [0.1, 0.15) is 17.5 Å². The lowest BCUT2D eigenvalue weighted by atomic mass is 9.97. The highest BCUT2D eigenvalue weighted by molar-refractivity contribution is 5.81. The number of nitrogen functional groups attached to an aromatic ring is 1. The predicted molar refractivity (Wildman–Crippen MR) is 107 cm³/mol. The fourth-order valence-corrected chi connectivity index (χ4v) is 2.91. The summed E-state index contributed by atoms with van der Waals surface area (Å²) in [6.07, 6.45) is 0. The van der Waals surface area contributed by atoms with E-state index in [2.05, 4.69) is 24.0 Å². The van der Waals surface area contributed by atoms with Gasteiger partial charge in [0.05, 0.1) is 12.3 Å². The molecule has 136 valence electrons. The van der Waals surface area contributed by atoms with Gasteiger partial charge in [0, 0.05) is 11.1 Å². The second-order valence-corrected chi connectivity index (χ2v) is 6.34. The van der Waals surface area contributed by atoms with Crippen molar-refractivity contribution in [3.05, 3.63) is 59.2 Å². The summed E-state index contributed by atoms with van der Waals surface area (Å²) in [7, 11) is 0. The van der Waals surface area contributed by atoms with Gasteiger partial charge in [-0.15, -0.1) is 0 Å². The minimum absolute atomic E-state index is 0.0514. The van der Waals surface area contributed by atoms with Crippen LogP contribution in [0, 0.1) is 25.2 Å². The number of hydrogen-bond acceptors (Lipinski definition) is 5. The van der Waals surface area contributed by atoms with Gasteiger partial charge in [-0.3, -0.25) is 0 Å². The normalized spacial score (nSPS) is 10.4. The Morgan fingerprint density at radius 3 is 2.48 bits per heavy atom. The van der Waals surface area contributed by atoms with E-state index in [1.807, 2.05) is 32.0 Å². The van der Waals surface area contributed by atoms with Crippen molar-refractivity contribution in [2.45, 2.75) is 20.8 Å². The molecule has 5 nitrogen and oxygen atoms in total. The third-order valence-corrected chi connectivity index (χ3v) is 4.53. The van der Waals surface area contributed by atoms with Crippen molar-refractivity contribution in [2.24, 2.45) is 0 Å². The zero-order chi connectivity index (χ0) is 19.6. The Kier molecular flexibility index (Phi) is 5.00. The zero-order valence-corrected chi connectivity index (χ0v) is 15.6. The van der Waals surface area contributed by atoms with Crippen LogP contribution in [-0.2, 0) is 0 Å². The number of phenolic OH excluding ortho intramolecular Hbond substituents is 1. The third kappa shape index (κ3) is 3.56. The summed E-state index contributed by atoms with van der Waals surface area (Å²) < 4.78 is 5.47. The van der Waals surface area contributed by atoms with Crippen LogP contribution in [0.4, 0.5) is 5.82 Å². The molecular weight excluding hydrogens is 338 g/mol. The molecule has 0 amide bonds. The maximum Gasteiger partial charge on any atom is 0.161 e. The fraction of sp³-hybridized carbons (Fsp3) is 0.182. The number of ether oxygens (including phenoxy) is 1. The number of phenols is 1. The van der Waals surface area contributed by atoms with Gasteiger partial charge in [-0.25, -0.2) is 4.98 Å². The van der Waals surface area contributed by atoms with Crippen molar-refractivity contribution >= 4 is 5.82 Å². The van der Waals surface area contributed by atoms with Crippen LogP contribution in [0.15, 0.2) is 42.5 Å². The Balaban J connectivity index is 2.20. The van der Waals surface area contributed by atoms with Gasteiger partial charge in [0.15, 0.2) is 11.5 Å². The number of aryl methyl sites for hydroxylation is 2. The minimum atomic E-state index is 0.0514. The molecule has 0 bridgehead atoms. The van der Waals surface area contributed by atoms with E-state index in [-0.39, 0.29) is 11.6 Å². The summed E-state index contributed by atoms with van der Waals surface area (Å²) in [5.74, 6) is 0.590. The first-order valence-corrected chi connectivity index (χ1v) is 8.69. The average Bonchev–Trinajstić information content (AvgIpc) is 2.65. The third-order valence-electron chi connectivity index (χ3n) is 4.53. The molecule has 0 spiro atoms. The topological polar surface area (TPSA) is 92.2 Å². The Morgan fingerprint density at radius 2 is 1.81 bits per heavy atom. The van der Waals surface area contributed by atoms with E-state index in [4.69, 9.17) is 10.5 Å². The lowest BCUT2D eigenvalue weighted by Gasteiger charge is -2.13. The quantitative estimate of drug-likeness (QED) is 0.711. The van der Waals surface area contributed by atoms with Crippen molar-refractivity contribution in [1.82, 2.24) is 4.98 Å². The van der Waals surface area contributed by atoms with Gasteiger partial charge in [-0.1, -0.05) is 18.2 Å². The van der Waals surface area contributed by atoms with E-state index >= 15 is 0 Å². The van der Waals surface area contributed by atoms with Gasteiger partial charge in [-0.05, 0) is 61.7 Å². The number of aromatic hydroxyl groups is 1. The van der Waals surface area contributed by atoms with Crippen molar-refractivity contribution in [1.29, 1.82) is 5.26 Å². The molecule has 3 aromatic rings. The highest BCUT2D eigenvalue weighted by atomic mass is 16.5. The fourth-order valence-electron chi connectivity index (χ4n) is 2.91. The van der Waals surface area contributed by atoms with E-state index in [1.54, 1.807) is 18.2 Å². The molecule has 1 aromatic heterocycles. The second kappa shape index (κ2) is 7.38. The SMILES string of the molecule is CCOc1cc(-c2cc(-c3ccc(C)c(C)c3)nc(N)c2C#N)ccc1O. The van der Waals surface area contributed by atoms with Gasteiger partial charge in [0.2, 0.25) is 0 Å². The lowest BCUT2D eigenvalue weighted by molar-refractivity contribution is 0.318. The predicted octanol–water partition coefficient (Wildman–Crippen LogP) is 4.59. The van der Waals surface area contributed by atoms with Crippen molar-refractivity contribution in [3.63, 3.8) is 0 Å². The molecule has 0 fully saturated rings. The average molecular weight is 359 g/mol. The molecule has 3 rings (SSSR count). The smallest absolute Gasteiger partial charge is 0.161 e. The molecule has 5 heteroatoms. The first kappa shape index (κ1) is 18.3. The molecule has 27 heavy (non-hydrogen) atoms. The highest BCUT2D eigenvalue weighted by Gasteiger charge is 2.15. The first-order valence-electron chi connectivity index (χ1n) is 8.69. The second-order valence-electron chi connectivity index (χ2n) is 6.34. The molecule has 0 radical (unpaired) electrons. The number of nitriles is 1. The van der Waals surface area contributed by atoms with E-state index in [0.29, 0.717) is 29.2 Å². The summed E-state index contributed by atoms with van der Waals surface area (Å²) in [4.78, 5) is 4.42. The van der Waals surface area contributed by atoms with Crippen molar-refractivity contribution in [2.75, 3.05) is 12.3 Å². The Labute approximate surface area is 158 Å². The van der Waals surface area contributed by atoms with Crippen molar-refractivity contribution in [3.8, 4) is 40.0 Å². The zero-order valence-electron chi connectivity index (χ0n) is 15.6. The van der Waals surface area contributed by atoms with E-state index in [0.717, 1.165) is 16.7 Å². The molecule has 0 saturated heterocycles. The van der Waals surface area contributed by atoms with E-state index in [1.165, 1.54) is 5.56 Å². The van der Waals surface area contributed by atoms with Crippen LogP contribution in [0.25, 0.3) is 22.4 Å². The van der Waals surface area contributed by atoms with Gasteiger partial charge in [0.25, 0.3) is 0 Å². The molecule has 0 aliphatic heterocycles. The number of hydrogen-bond donors (Lipinski definition) is 2. The first-order chi connectivity index (χ1) is 12.9. The molecule has 0 unspecified atom stereocenters. The summed E-state index contributed by atoms with van der Waals surface area (Å²) in [6.45, 7) is 6.36. The number of benzene rings is 2. The van der Waals surface area contributed by atoms with Crippen LogP contribution in [0.3, 0.4) is 0 Å². The van der Waals surface area contributed by atoms with E-state index < -0.39 is 0 Å². The van der Waals surface area contributed by atoms with Crippen LogP contribution >= 0.6 is 0 Å². The van der Waals surface area contributed by atoms with Crippen LogP contribution in [0.2, 0.25) is 0 Å². The Bertz CT molecular complexity index is 1050. The van der Waals surface area contributed by atoms with Gasteiger partial charge >= 0.3 is 0 Å². The standard InChI is InChI=1S/C22H21N3O2/c1-4-27-21-10-15(7-8-20(21)26)17-11-19(25-22(24)18(17)12-23)16-6-5-13(2)14(3)9-16/h5-11,26H,4H2,1-3H3,(H2,24,25). The number of nitrogens with zero attached hydrogens (tertiary/aromatic N) is 2. The summed E-state index contributed by atoms with van der Waals surface area (Å²) in [5.41, 5.74) is 11.7. The summed E-state index contributed by atoms with van der Waals surface area (Å²) in [5, 5.41) is 19.5. The lowest BCUT2D eigenvalue weighted by Crippen LogP contribution is -2.00.